The molecule has 1 saturated heterocycles. The molecule has 0 spiro atoms. The maximum absolute atomic E-state index is 5.80. The minimum atomic E-state index is -0.0276. The second kappa shape index (κ2) is 5.10. The summed E-state index contributed by atoms with van der Waals surface area (Å²) in [7, 11) is 0. The maximum Gasteiger partial charge on any atom is 0.0828 e. The molecule has 0 unspecified atom stereocenters. The van der Waals surface area contributed by atoms with Crippen molar-refractivity contribution in [3.05, 3.63) is 0 Å². The highest BCUT2D eigenvalue weighted by molar-refractivity contribution is 4.89. The smallest absolute Gasteiger partial charge is 0.0828 e. The van der Waals surface area contributed by atoms with Crippen molar-refractivity contribution in [3.63, 3.8) is 0 Å². The van der Waals surface area contributed by atoms with Gasteiger partial charge in [0, 0.05) is 32.3 Å². The van der Waals surface area contributed by atoms with E-state index in [1.165, 1.54) is 0 Å². The molecule has 0 aliphatic carbocycles. The fraction of sp³-hybridized carbons (Fsp3) is 1.00. The first-order chi connectivity index (χ1) is 6.63. The quantitative estimate of drug-likeness (QED) is 0.741. The Morgan fingerprint density at radius 2 is 1.93 bits per heavy atom. The number of nitrogens with two attached hydrogens (primary N) is 1. The average Bonchev–Trinajstić information content (AvgIpc) is 2.19. The Morgan fingerprint density at radius 3 is 2.29 bits per heavy atom. The lowest BCUT2D eigenvalue weighted by Gasteiger charge is -2.42. The van der Waals surface area contributed by atoms with Crippen molar-refractivity contribution in [1.82, 2.24) is 4.90 Å². The zero-order valence-electron chi connectivity index (χ0n) is 9.75. The molecule has 0 aromatic heterocycles. The number of nitrogens with zero attached hydrogens (tertiary/aromatic N) is 1. The Morgan fingerprint density at radius 1 is 1.36 bits per heavy atom. The van der Waals surface area contributed by atoms with Crippen LogP contribution in [0.15, 0.2) is 0 Å². The summed E-state index contributed by atoms with van der Waals surface area (Å²) in [5, 5.41) is 0. The van der Waals surface area contributed by atoms with Gasteiger partial charge in [-0.15, -0.1) is 0 Å². The van der Waals surface area contributed by atoms with Gasteiger partial charge in [0.15, 0.2) is 0 Å². The highest BCUT2D eigenvalue weighted by atomic mass is 16.5. The Bertz CT molecular complexity index is 163. The predicted octanol–water partition coefficient (Wildman–Crippen LogP) is 1.22. The van der Waals surface area contributed by atoms with E-state index < -0.39 is 0 Å². The highest BCUT2D eigenvalue weighted by Gasteiger charge is 2.34. The molecule has 14 heavy (non-hydrogen) atoms. The summed E-state index contributed by atoms with van der Waals surface area (Å²) in [5.74, 6) is 0. The van der Waals surface area contributed by atoms with Gasteiger partial charge in [-0.25, -0.2) is 0 Å². The van der Waals surface area contributed by atoms with Crippen LogP contribution in [0.25, 0.3) is 0 Å². The van der Waals surface area contributed by atoms with E-state index in [0.717, 1.165) is 32.5 Å². The Labute approximate surface area is 87.6 Å². The van der Waals surface area contributed by atoms with Crippen molar-refractivity contribution >= 4 is 0 Å². The molecule has 1 heterocycles. The van der Waals surface area contributed by atoms with E-state index in [1.54, 1.807) is 0 Å². The maximum atomic E-state index is 5.80. The third-order valence-electron chi connectivity index (χ3n) is 3.26. The van der Waals surface area contributed by atoms with Crippen LogP contribution in [0.4, 0.5) is 0 Å². The molecule has 0 radical (unpaired) electrons. The van der Waals surface area contributed by atoms with Crippen LogP contribution < -0.4 is 5.73 Å². The zero-order chi connectivity index (χ0) is 10.6. The molecule has 1 aliphatic heterocycles. The second-order valence-electron chi connectivity index (χ2n) is 4.45. The van der Waals surface area contributed by atoms with Gasteiger partial charge in [-0.2, -0.15) is 0 Å². The molecule has 0 atom stereocenters. The van der Waals surface area contributed by atoms with Crippen molar-refractivity contribution in [2.75, 3.05) is 26.2 Å². The number of rotatable bonds is 4. The van der Waals surface area contributed by atoms with E-state index in [1.807, 2.05) is 6.92 Å². The molecular formula is C11H24N2O. The Hall–Kier alpha value is -0.120. The molecular weight excluding hydrogens is 176 g/mol. The van der Waals surface area contributed by atoms with Crippen LogP contribution in [0.1, 0.15) is 33.6 Å². The first-order valence-electron chi connectivity index (χ1n) is 5.71. The van der Waals surface area contributed by atoms with Crippen LogP contribution in [-0.2, 0) is 4.74 Å². The van der Waals surface area contributed by atoms with Crippen LogP contribution in [0, 0.1) is 0 Å². The summed E-state index contributed by atoms with van der Waals surface area (Å²) in [6.07, 6.45) is 2.16. The molecule has 3 nitrogen and oxygen atoms in total. The Kier molecular flexibility index (Phi) is 4.35. The van der Waals surface area contributed by atoms with Crippen molar-refractivity contribution in [3.8, 4) is 0 Å². The molecule has 0 saturated carbocycles. The van der Waals surface area contributed by atoms with Crippen LogP contribution in [0.3, 0.4) is 0 Å². The molecule has 3 heteroatoms. The molecule has 2 N–H and O–H groups in total. The van der Waals surface area contributed by atoms with Gasteiger partial charge in [0.25, 0.3) is 0 Å². The van der Waals surface area contributed by atoms with Gasteiger partial charge >= 0.3 is 0 Å². The van der Waals surface area contributed by atoms with Crippen molar-refractivity contribution in [2.45, 2.75) is 45.3 Å². The molecule has 0 aromatic rings. The topological polar surface area (TPSA) is 38.5 Å². The number of ether oxygens (including phenoxy) is 1. The van der Waals surface area contributed by atoms with Crippen molar-refractivity contribution in [2.24, 2.45) is 5.73 Å². The summed E-state index contributed by atoms with van der Waals surface area (Å²) < 4.78 is 5.80. The molecule has 1 aliphatic rings. The van der Waals surface area contributed by atoms with E-state index in [9.17, 15) is 0 Å². The second-order valence-corrected chi connectivity index (χ2v) is 4.45. The van der Waals surface area contributed by atoms with Gasteiger partial charge in [-0.05, 0) is 33.6 Å². The van der Waals surface area contributed by atoms with Gasteiger partial charge in [-0.3, -0.25) is 0 Å². The van der Waals surface area contributed by atoms with Crippen LogP contribution in [0.5, 0.6) is 0 Å². The Balaban J connectivity index is 2.46. The predicted molar refractivity (Wildman–Crippen MR) is 59.4 cm³/mol. The number of hydrogen-bond acceptors (Lipinski definition) is 3. The van der Waals surface area contributed by atoms with Gasteiger partial charge in [-0.1, -0.05) is 0 Å². The molecule has 1 rings (SSSR count). The largest absolute Gasteiger partial charge is 0.374 e. The fourth-order valence-corrected chi connectivity index (χ4v) is 2.16. The van der Waals surface area contributed by atoms with E-state index >= 15 is 0 Å². The highest BCUT2D eigenvalue weighted by Crippen LogP contribution is 2.26. The van der Waals surface area contributed by atoms with E-state index in [0.29, 0.717) is 12.6 Å². The molecule has 1 fully saturated rings. The number of likely N-dealkylation sites (tertiary alicyclic amines) is 1. The van der Waals surface area contributed by atoms with Gasteiger partial charge in [0.05, 0.1) is 5.60 Å². The SMILES string of the molecule is CCOC1(CN)CCN(C(C)C)CC1. The fourth-order valence-electron chi connectivity index (χ4n) is 2.16. The average molecular weight is 200 g/mol. The summed E-state index contributed by atoms with van der Waals surface area (Å²) in [5.41, 5.74) is 5.77. The van der Waals surface area contributed by atoms with Gasteiger partial charge in [0.1, 0.15) is 0 Å². The lowest BCUT2D eigenvalue weighted by atomic mass is 9.90. The number of hydrogen-bond donors (Lipinski definition) is 1. The first-order valence-corrected chi connectivity index (χ1v) is 5.71. The number of piperidine rings is 1. The van der Waals surface area contributed by atoms with E-state index in [2.05, 4.69) is 18.7 Å². The normalized spacial score (nSPS) is 22.9. The van der Waals surface area contributed by atoms with Crippen LogP contribution in [0.2, 0.25) is 0 Å². The minimum Gasteiger partial charge on any atom is -0.374 e. The monoisotopic (exact) mass is 200 g/mol. The van der Waals surface area contributed by atoms with Crippen LogP contribution >= 0.6 is 0 Å². The first kappa shape index (κ1) is 12.0. The van der Waals surface area contributed by atoms with E-state index in [-0.39, 0.29) is 5.60 Å². The van der Waals surface area contributed by atoms with E-state index in [4.69, 9.17) is 10.5 Å². The molecule has 0 amide bonds. The van der Waals surface area contributed by atoms with Crippen molar-refractivity contribution < 1.29 is 4.74 Å². The third kappa shape index (κ3) is 2.69. The third-order valence-corrected chi connectivity index (χ3v) is 3.26. The molecule has 0 bridgehead atoms. The van der Waals surface area contributed by atoms with Gasteiger partial charge in [0.2, 0.25) is 0 Å². The molecule has 0 aromatic carbocycles. The lowest BCUT2D eigenvalue weighted by molar-refractivity contribution is -0.0761. The summed E-state index contributed by atoms with van der Waals surface area (Å²) >= 11 is 0. The van der Waals surface area contributed by atoms with Gasteiger partial charge < -0.3 is 15.4 Å². The standard InChI is InChI=1S/C11H24N2O/c1-4-14-11(9-12)5-7-13(8-6-11)10(2)3/h10H,4-9,12H2,1-3H3. The summed E-state index contributed by atoms with van der Waals surface area (Å²) in [6, 6.07) is 0.646. The minimum absolute atomic E-state index is 0.0276. The zero-order valence-corrected chi connectivity index (χ0v) is 9.75. The van der Waals surface area contributed by atoms with Crippen molar-refractivity contribution in [1.29, 1.82) is 0 Å². The summed E-state index contributed by atoms with van der Waals surface area (Å²) in [6.45, 7) is 10.2. The summed E-state index contributed by atoms with van der Waals surface area (Å²) in [4.78, 5) is 2.49. The molecule has 84 valence electrons. The van der Waals surface area contributed by atoms with Crippen LogP contribution in [-0.4, -0.2) is 42.8 Å². The lowest BCUT2D eigenvalue weighted by Crippen LogP contribution is -2.51.